The fourth-order valence-corrected chi connectivity index (χ4v) is 3.62. The summed E-state index contributed by atoms with van der Waals surface area (Å²) in [4.78, 5) is 7.33. The quantitative estimate of drug-likeness (QED) is 0.665. The summed E-state index contributed by atoms with van der Waals surface area (Å²) in [6.45, 7) is 10.2. The third kappa shape index (κ3) is 4.53. The minimum absolute atomic E-state index is 0.444. The van der Waals surface area contributed by atoms with Crippen LogP contribution in [0.5, 0.6) is 0 Å². The van der Waals surface area contributed by atoms with Crippen LogP contribution in [-0.2, 0) is 11.2 Å². The van der Waals surface area contributed by atoms with Crippen molar-refractivity contribution in [2.24, 2.45) is 16.3 Å². The molecule has 3 heterocycles. The van der Waals surface area contributed by atoms with Gasteiger partial charge in [-0.05, 0) is 42.7 Å². The van der Waals surface area contributed by atoms with Crippen molar-refractivity contribution in [2.45, 2.75) is 39.5 Å². The van der Waals surface area contributed by atoms with E-state index in [0.717, 1.165) is 57.5 Å². The number of nitrogens with one attached hydrogen (secondary N) is 1. The fourth-order valence-electron chi connectivity index (χ4n) is 3.62. The van der Waals surface area contributed by atoms with Gasteiger partial charge in [0.25, 0.3) is 0 Å². The Morgan fingerprint density at radius 3 is 2.88 bits per heavy atom. The molecule has 0 bridgehead atoms. The second-order valence-electron chi connectivity index (χ2n) is 7.60. The molecule has 0 unspecified atom stereocenters. The normalized spacial score (nSPS) is 21.0. The van der Waals surface area contributed by atoms with E-state index in [9.17, 15) is 0 Å². The van der Waals surface area contributed by atoms with Crippen LogP contribution in [0.1, 0.15) is 38.9 Å². The Labute approximate surface area is 145 Å². The predicted molar refractivity (Wildman–Crippen MR) is 96.2 cm³/mol. The third-order valence-corrected chi connectivity index (χ3v) is 5.13. The van der Waals surface area contributed by atoms with E-state index in [1.165, 1.54) is 19.3 Å². The number of rotatable bonds is 5. The predicted octanol–water partition coefficient (Wildman–Crippen LogP) is 2.93. The summed E-state index contributed by atoms with van der Waals surface area (Å²) in [5.41, 5.74) is 0.444. The van der Waals surface area contributed by atoms with Crippen molar-refractivity contribution in [2.75, 3.05) is 39.4 Å². The maximum atomic E-state index is 5.56. The Balaban J connectivity index is 1.58. The lowest BCUT2D eigenvalue weighted by molar-refractivity contribution is 0.0217. The molecule has 1 N–H and O–H groups in total. The van der Waals surface area contributed by atoms with E-state index in [1.54, 1.807) is 6.26 Å². The fraction of sp³-hybridized carbons (Fsp3) is 0.737. The molecule has 2 aliphatic rings. The van der Waals surface area contributed by atoms with Gasteiger partial charge < -0.3 is 19.4 Å². The van der Waals surface area contributed by atoms with Gasteiger partial charge in [-0.25, -0.2) is 0 Å². The van der Waals surface area contributed by atoms with Crippen LogP contribution < -0.4 is 5.32 Å². The molecule has 0 saturated carbocycles. The minimum Gasteiger partial charge on any atom is -0.469 e. The summed E-state index contributed by atoms with van der Waals surface area (Å²) in [5, 5.41) is 3.56. The smallest absolute Gasteiger partial charge is 0.193 e. The number of likely N-dealkylation sites (tertiary alicyclic amines) is 1. The van der Waals surface area contributed by atoms with E-state index in [-0.39, 0.29) is 0 Å². The van der Waals surface area contributed by atoms with Gasteiger partial charge in [-0.15, -0.1) is 0 Å². The summed E-state index contributed by atoms with van der Waals surface area (Å²) >= 11 is 0. The highest BCUT2D eigenvalue weighted by Gasteiger charge is 2.40. The maximum Gasteiger partial charge on any atom is 0.193 e. The molecule has 0 aliphatic carbocycles. The monoisotopic (exact) mass is 333 g/mol. The Morgan fingerprint density at radius 2 is 2.17 bits per heavy atom. The molecule has 0 atom stereocenters. The van der Waals surface area contributed by atoms with Gasteiger partial charge in [-0.2, -0.15) is 0 Å². The second kappa shape index (κ2) is 8.06. The summed E-state index contributed by atoms with van der Waals surface area (Å²) in [5.74, 6) is 2.66. The molecule has 5 nitrogen and oxygen atoms in total. The molecule has 1 aromatic heterocycles. The van der Waals surface area contributed by atoms with Crippen molar-refractivity contribution < 1.29 is 9.15 Å². The van der Waals surface area contributed by atoms with Gasteiger partial charge in [0.15, 0.2) is 5.96 Å². The van der Waals surface area contributed by atoms with Crippen LogP contribution in [0.2, 0.25) is 0 Å². The molecule has 2 aliphatic heterocycles. The first-order chi connectivity index (χ1) is 11.7. The van der Waals surface area contributed by atoms with Crippen LogP contribution in [-0.4, -0.2) is 50.3 Å². The number of furan rings is 1. The van der Waals surface area contributed by atoms with Crippen molar-refractivity contribution in [1.29, 1.82) is 0 Å². The SMILES string of the molecule is CC(C)CN=C(NCCc1ccco1)N1CCC2(CCOCC2)C1. The maximum absolute atomic E-state index is 5.56. The molecule has 5 heteroatoms. The largest absolute Gasteiger partial charge is 0.469 e. The summed E-state index contributed by atoms with van der Waals surface area (Å²) in [6, 6.07) is 3.97. The van der Waals surface area contributed by atoms with Gasteiger partial charge in [-0.3, -0.25) is 4.99 Å². The molecule has 1 spiro atoms. The highest BCUT2D eigenvalue weighted by Crippen LogP contribution is 2.39. The van der Waals surface area contributed by atoms with E-state index >= 15 is 0 Å². The molecule has 0 aromatic carbocycles. The van der Waals surface area contributed by atoms with Crippen LogP contribution in [0, 0.1) is 11.3 Å². The zero-order valence-corrected chi connectivity index (χ0v) is 15.1. The van der Waals surface area contributed by atoms with Crippen LogP contribution in [0.15, 0.2) is 27.8 Å². The molecule has 3 rings (SSSR count). The van der Waals surface area contributed by atoms with Gasteiger partial charge >= 0.3 is 0 Å². The number of guanidine groups is 1. The molecule has 0 amide bonds. The molecule has 2 saturated heterocycles. The van der Waals surface area contributed by atoms with Gasteiger partial charge in [0.1, 0.15) is 5.76 Å². The Kier molecular flexibility index (Phi) is 5.82. The summed E-state index contributed by atoms with van der Waals surface area (Å²) in [6.07, 6.45) is 6.26. The Bertz CT molecular complexity index is 519. The number of ether oxygens (including phenoxy) is 1. The first kappa shape index (κ1) is 17.3. The van der Waals surface area contributed by atoms with Crippen molar-refractivity contribution in [1.82, 2.24) is 10.2 Å². The molecule has 24 heavy (non-hydrogen) atoms. The Hall–Kier alpha value is -1.49. The number of hydrogen-bond acceptors (Lipinski definition) is 3. The number of hydrogen-bond donors (Lipinski definition) is 1. The standard InChI is InChI=1S/C19H31N3O2/c1-16(2)14-21-18(20-9-5-17-4-3-11-24-17)22-10-6-19(15-22)7-12-23-13-8-19/h3-4,11,16H,5-10,12-15H2,1-2H3,(H,20,21). The first-order valence-electron chi connectivity index (χ1n) is 9.30. The van der Waals surface area contributed by atoms with Gasteiger partial charge in [0.05, 0.1) is 6.26 Å². The third-order valence-electron chi connectivity index (χ3n) is 5.13. The lowest BCUT2D eigenvalue weighted by atomic mass is 9.80. The summed E-state index contributed by atoms with van der Waals surface area (Å²) < 4.78 is 11.0. The molecule has 134 valence electrons. The zero-order valence-electron chi connectivity index (χ0n) is 15.1. The van der Waals surface area contributed by atoms with Crippen molar-refractivity contribution >= 4 is 5.96 Å². The van der Waals surface area contributed by atoms with Gasteiger partial charge in [0, 0.05) is 45.8 Å². The lowest BCUT2D eigenvalue weighted by Crippen LogP contribution is -2.43. The highest BCUT2D eigenvalue weighted by molar-refractivity contribution is 5.80. The van der Waals surface area contributed by atoms with E-state index in [0.29, 0.717) is 11.3 Å². The van der Waals surface area contributed by atoms with Crippen molar-refractivity contribution in [3.63, 3.8) is 0 Å². The average Bonchev–Trinajstić information content (AvgIpc) is 3.22. The number of aliphatic imine (C=N–C) groups is 1. The molecule has 1 aromatic rings. The molecular weight excluding hydrogens is 302 g/mol. The van der Waals surface area contributed by atoms with Gasteiger partial charge in [0.2, 0.25) is 0 Å². The first-order valence-corrected chi connectivity index (χ1v) is 9.30. The van der Waals surface area contributed by atoms with Gasteiger partial charge in [-0.1, -0.05) is 13.8 Å². The summed E-state index contributed by atoms with van der Waals surface area (Å²) in [7, 11) is 0. The van der Waals surface area contributed by atoms with E-state index in [1.807, 2.05) is 12.1 Å². The van der Waals surface area contributed by atoms with Crippen molar-refractivity contribution in [3.05, 3.63) is 24.2 Å². The molecular formula is C19H31N3O2. The van der Waals surface area contributed by atoms with E-state index in [2.05, 4.69) is 24.1 Å². The zero-order chi connectivity index (χ0) is 16.8. The number of nitrogens with zero attached hydrogens (tertiary/aromatic N) is 2. The van der Waals surface area contributed by atoms with Crippen LogP contribution in [0.4, 0.5) is 0 Å². The van der Waals surface area contributed by atoms with Crippen LogP contribution in [0.25, 0.3) is 0 Å². The lowest BCUT2D eigenvalue weighted by Gasteiger charge is -2.33. The van der Waals surface area contributed by atoms with Crippen molar-refractivity contribution in [3.8, 4) is 0 Å². The van der Waals surface area contributed by atoms with E-state index < -0.39 is 0 Å². The Morgan fingerprint density at radius 1 is 1.33 bits per heavy atom. The topological polar surface area (TPSA) is 50.0 Å². The average molecular weight is 333 g/mol. The van der Waals surface area contributed by atoms with E-state index in [4.69, 9.17) is 14.1 Å². The minimum atomic E-state index is 0.444. The van der Waals surface area contributed by atoms with Crippen LogP contribution in [0.3, 0.4) is 0 Å². The molecule has 0 radical (unpaired) electrons. The highest BCUT2D eigenvalue weighted by atomic mass is 16.5. The molecule has 2 fully saturated rings. The second-order valence-corrected chi connectivity index (χ2v) is 7.60. The van der Waals surface area contributed by atoms with Crippen LogP contribution >= 0.6 is 0 Å².